The largest absolute Gasteiger partial charge is 0.394 e. The normalized spacial score (nSPS) is 14.6. The van der Waals surface area contributed by atoms with Crippen molar-refractivity contribution in [1.29, 1.82) is 0 Å². The number of sulfone groups is 1. The van der Waals surface area contributed by atoms with Gasteiger partial charge in [-0.2, -0.15) is 0 Å². The van der Waals surface area contributed by atoms with Crippen LogP contribution in [0.15, 0.2) is 0 Å². The average Bonchev–Trinajstić information content (AvgIpc) is 2.23. The fraction of sp³-hybridized carbons (Fsp3) is 0.900. The first-order valence-electron chi connectivity index (χ1n) is 5.34. The number of amides is 1. The van der Waals surface area contributed by atoms with E-state index in [2.05, 4.69) is 5.32 Å². The number of hydrogen-bond acceptors (Lipinski definition) is 4. The zero-order chi connectivity index (χ0) is 13.0. The lowest BCUT2D eigenvalue weighted by Crippen LogP contribution is -2.54. The predicted molar refractivity (Wildman–Crippen MR) is 62.8 cm³/mol. The Kier molecular flexibility index (Phi) is 5.41. The van der Waals surface area contributed by atoms with E-state index in [9.17, 15) is 18.3 Å². The minimum absolute atomic E-state index is 0.192. The molecule has 1 amide bonds. The van der Waals surface area contributed by atoms with Crippen molar-refractivity contribution in [2.75, 3.05) is 12.9 Å². The Morgan fingerprint density at radius 2 is 1.81 bits per heavy atom. The minimum Gasteiger partial charge on any atom is -0.394 e. The van der Waals surface area contributed by atoms with Gasteiger partial charge < -0.3 is 10.4 Å². The van der Waals surface area contributed by atoms with Gasteiger partial charge in [0.1, 0.15) is 5.25 Å². The van der Waals surface area contributed by atoms with E-state index in [1.807, 2.05) is 13.8 Å². The van der Waals surface area contributed by atoms with Crippen LogP contribution in [0, 0.1) is 0 Å². The van der Waals surface area contributed by atoms with Gasteiger partial charge in [-0.05, 0) is 19.8 Å². The zero-order valence-electron chi connectivity index (χ0n) is 10.3. The fourth-order valence-corrected chi connectivity index (χ4v) is 1.70. The first kappa shape index (κ1) is 15.4. The molecule has 1 atom stereocenters. The number of aliphatic hydroxyl groups is 1. The zero-order valence-corrected chi connectivity index (χ0v) is 11.1. The summed E-state index contributed by atoms with van der Waals surface area (Å²) in [4.78, 5) is 11.7. The highest BCUT2D eigenvalue weighted by Crippen LogP contribution is 2.15. The van der Waals surface area contributed by atoms with Gasteiger partial charge in [0.15, 0.2) is 9.84 Å². The summed E-state index contributed by atoms with van der Waals surface area (Å²) in [5.41, 5.74) is -0.712. The van der Waals surface area contributed by atoms with Crippen molar-refractivity contribution in [3.63, 3.8) is 0 Å². The smallest absolute Gasteiger partial charge is 0.238 e. The molecule has 0 aromatic rings. The van der Waals surface area contributed by atoms with E-state index in [1.165, 1.54) is 6.92 Å². The van der Waals surface area contributed by atoms with Crippen molar-refractivity contribution in [3.05, 3.63) is 0 Å². The molecule has 96 valence electrons. The Morgan fingerprint density at radius 1 is 1.38 bits per heavy atom. The summed E-state index contributed by atoms with van der Waals surface area (Å²) in [5, 5.41) is 10.8. The van der Waals surface area contributed by atoms with Crippen molar-refractivity contribution >= 4 is 15.7 Å². The Bertz CT molecular complexity index is 324. The molecule has 1 unspecified atom stereocenters. The molecule has 2 N–H and O–H groups in total. The van der Waals surface area contributed by atoms with Gasteiger partial charge in [-0.1, -0.05) is 13.8 Å². The van der Waals surface area contributed by atoms with Gasteiger partial charge in [0.25, 0.3) is 0 Å². The predicted octanol–water partition coefficient (Wildman–Crippen LogP) is 0.0868. The van der Waals surface area contributed by atoms with Crippen molar-refractivity contribution < 1.29 is 18.3 Å². The van der Waals surface area contributed by atoms with Gasteiger partial charge in [0.05, 0.1) is 12.1 Å². The van der Waals surface area contributed by atoms with Crippen LogP contribution in [0.1, 0.15) is 33.6 Å². The van der Waals surface area contributed by atoms with E-state index in [4.69, 9.17) is 0 Å². The lowest BCUT2D eigenvalue weighted by Gasteiger charge is -2.31. The average molecular weight is 251 g/mol. The molecular formula is C10H21NO4S. The van der Waals surface area contributed by atoms with E-state index in [0.717, 1.165) is 6.26 Å². The van der Waals surface area contributed by atoms with Crippen LogP contribution in [0.4, 0.5) is 0 Å². The summed E-state index contributed by atoms with van der Waals surface area (Å²) in [7, 11) is -3.39. The molecule has 5 nitrogen and oxygen atoms in total. The highest BCUT2D eigenvalue weighted by atomic mass is 32.2. The quantitative estimate of drug-likeness (QED) is 0.700. The highest BCUT2D eigenvalue weighted by molar-refractivity contribution is 7.92. The molecule has 0 fully saturated rings. The summed E-state index contributed by atoms with van der Waals surface area (Å²) >= 11 is 0. The lowest BCUT2D eigenvalue weighted by atomic mass is 9.94. The molecule has 0 saturated heterocycles. The molecule has 0 aliphatic carbocycles. The Morgan fingerprint density at radius 3 is 2.06 bits per heavy atom. The summed E-state index contributed by atoms with van der Waals surface area (Å²) < 4.78 is 22.4. The van der Waals surface area contributed by atoms with Crippen molar-refractivity contribution in [1.82, 2.24) is 5.32 Å². The standard InChI is InChI=1S/C10H21NO4S/c1-5-10(6-2,7-12)11-9(13)8(3)16(4,14)15/h8,12H,5-7H2,1-4H3,(H,11,13). The molecule has 0 aromatic carbocycles. The van der Waals surface area contributed by atoms with Crippen LogP contribution in [-0.2, 0) is 14.6 Å². The van der Waals surface area contributed by atoms with Crippen molar-refractivity contribution in [2.45, 2.75) is 44.4 Å². The number of carbonyl (C=O) groups excluding carboxylic acids is 1. The molecule has 0 saturated carbocycles. The maximum Gasteiger partial charge on any atom is 0.238 e. The number of carbonyl (C=O) groups is 1. The van der Waals surface area contributed by atoms with E-state index in [-0.39, 0.29) is 6.61 Å². The Labute approximate surface area is 97.2 Å². The minimum atomic E-state index is -3.39. The van der Waals surface area contributed by atoms with Crippen LogP contribution in [-0.4, -0.2) is 43.1 Å². The molecule has 0 bridgehead atoms. The number of aliphatic hydroxyl groups excluding tert-OH is 1. The number of nitrogens with one attached hydrogen (secondary N) is 1. The fourth-order valence-electron chi connectivity index (χ4n) is 1.25. The van der Waals surface area contributed by atoms with Crippen LogP contribution in [0.25, 0.3) is 0 Å². The topological polar surface area (TPSA) is 83.5 Å². The summed E-state index contributed by atoms with van der Waals surface area (Å²) in [6, 6.07) is 0. The van der Waals surface area contributed by atoms with Crippen LogP contribution in [0.3, 0.4) is 0 Å². The van der Waals surface area contributed by atoms with Crippen LogP contribution in [0.2, 0.25) is 0 Å². The number of rotatable bonds is 6. The maximum atomic E-state index is 11.7. The Hall–Kier alpha value is -0.620. The van der Waals surface area contributed by atoms with E-state index in [0.29, 0.717) is 12.8 Å². The highest BCUT2D eigenvalue weighted by Gasteiger charge is 2.32. The van der Waals surface area contributed by atoms with Crippen molar-refractivity contribution in [3.8, 4) is 0 Å². The lowest BCUT2D eigenvalue weighted by molar-refractivity contribution is -0.123. The van der Waals surface area contributed by atoms with Gasteiger partial charge >= 0.3 is 0 Å². The first-order valence-corrected chi connectivity index (χ1v) is 7.29. The first-order chi connectivity index (χ1) is 7.22. The number of hydrogen-bond donors (Lipinski definition) is 2. The van der Waals surface area contributed by atoms with Crippen LogP contribution < -0.4 is 5.32 Å². The third-order valence-electron chi connectivity index (χ3n) is 3.06. The van der Waals surface area contributed by atoms with Gasteiger partial charge in [-0.15, -0.1) is 0 Å². The second-order valence-electron chi connectivity index (χ2n) is 4.11. The van der Waals surface area contributed by atoms with E-state index < -0.39 is 26.5 Å². The Balaban J connectivity index is 4.79. The van der Waals surface area contributed by atoms with E-state index in [1.54, 1.807) is 0 Å². The van der Waals surface area contributed by atoms with E-state index >= 15 is 0 Å². The molecule has 0 radical (unpaired) electrons. The summed E-state index contributed by atoms with van der Waals surface area (Å²) in [6.07, 6.45) is 2.14. The van der Waals surface area contributed by atoms with Gasteiger partial charge in [-0.25, -0.2) is 8.42 Å². The van der Waals surface area contributed by atoms with Crippen molar-refractivity contribution in [2.24, 2.45) is 0 Å². The summed E-state index contributed by atoms with van der Waals surface area (Å²) in [5.74, 6) is -0.555. The molecule has 0 rings (SSSR count). The molecule has 0 aromatic heterocycles. The molecule has 0 heterocycles. The van der Waals surface area contributed by atoms with Gasteiger partial charge in [-0.3, -0.25) is 4.79 Å². The maximum absolute atomic E-state index is 11.7. The summed E-state index contributed by atoms with van der Waals surface area (Å²) in [6.45, 7) is 4.83. The molecule has 0 aliphatic heterocycles. The molecule has 16 heavy (non-hydrogen) atoms. The monoisotopic (exact) mass is 251 g/mol. The SMILES string of the molecule is CCC(CC)(CO)NC(=O)C(C)S(C)(=O)=O. The van der Waals surface area contributed by atoms with Gasteiger partial charge in [0, 0.05) is 6.26 Å². The van der Waals surface area contributed by atoms with Gasteiger partial charge in [0.2, 0.25) is 5.91 Å². The molecule has 0 spiro atoms. The van der Waals surface area contributed by atoms with Crippen LogP contribution >= 0.6 is 0 Å². The second kappa shape index (κ2) is 5.63. The second-order valence-corrected chi connectivity index (χ2v) is 6.47. The third kappa shape index (κ3) is 3.75. The third-order valence-corrected chi connectivity index (χ3v) is 4.55. The van der Waals surface area contributed by atoms with Crippen LogP contribution in [0.5, 0.6) is 0 Å². The molecule has 6 heteroatoms. The molecular weight excluding hydrogens is 230 g/mol. The molecule has 0 aliphatic rings.